The first-order valence-corrected chi connectivity index (χ1v) is 11.2. The molecule has 0 radical (unpaired) electrons. The van der Waals surface area contributed by atoms with Crippen LogP contribution in [0.5, 0.6) is 0 Å². The van der Waals surface area contributed by atoms with Crippen molar-refractivity contribution in [3.8, 4) is 0 Å². The maximum Gasteiger partial charge on any atom is 0.394 e. The first-order valence-electron chi connectivity index (χ1n) is 9.82. The van der Waals surface area contributed by atoms with E-state index < -0.39 is 34.0 Å². The number of carbonyl (C=O) groups is 4. The Morgan fingerprint density at radius 3 is 1.86 bits per heavy atom. The predicted octanol–water partition coefficient (Wildman–Crippen LogP) is -2.22. The fourth-order valence-electron chi connectivity index (χ4n) is 2.67. The Balaban J connectivity index is 0.00000118. The van der Waals surface area contributed by atoms with Gasteiger partial charge in [-0.25, -0.2) is 4.99 Å². The number of guanidine groups is 1. The van der Waals surface area contributed by atoms with Gasteiger partial charge in [0.2, 0.25) is 11.8 Å². The molecule has 0 spiro atoms. The molecule has 0 unspecified atom stereocenters. The molecule has 2 heterocycles. The van der Waals surface area contributed by atoms with E-state index >= 15 is 0 Å². The molecular weight excluding hydrogens is 502 g/mol. The van der Waals surface area contributed by atoms with Gasteiger partial charge in [0.1, 0.15) is 17.9 Å². The van der Waals surface area contributed by atoms with Crippen molar-refractivity contribution in [3.63, 3.8) is 0 Å². The molecule has 198 valence electrons. The molecule has 2 rings (SSSR count). The van der Waals surface area contributed by atoms with Gasteiger partial charge >= 0.3 is 10.4 Å². The second kappa shape index (κ2) is 12.9. The highest BCUT2D eigenvalue weighted by Gasteiger charge is 2.17. The van der Waals surface area contributed by atoms with Crippen molar-refractivity contribution in [2.75, 3.05) is 23.7 Å². The van der Waals surface area contributed by atoms with Gasteiger partial charge in [0.25, 0.3) is 11.8 Å². The highest BCUT2D eigenvalue weighted by Crippen LogP contribution is 2.17. The standard InChI is InChI=1S/C18H25N9O4.H2O4S/c1-26-9-11(6-12(26)16(30)22-4-3-14(19)28)25-17(31)13-5-10(8-27(13)2)24-15(29)7-23-18(20)21;1-5(2,3)4/h5-6,8-9H,3-4,7H2,1-2H3,(H2,19,28)(H,22,30)(H,24,29)(H,25,31)(H4,20,21,23);(H2,1,2,3,4). The minimum atomic E-state index is -4.67. The fourth-order valence-corrected chi connectivity index (χ4v) is 2.67. The van der Waals surface area contributed by atoms with Gasteiger partial charge in [-0.1, -0.05) is 0 Å². The zero-order valence-electron chi connectivity index (χ0n) is 19.3. The zero-order valence-corrected chi connectivity index (χ0v) is 20.1. The number of aliphatic imine (C=N–C) groups is 1. The van der Waals surface area contributed by atoms with Gasteiger partial charge in [0.15, 0.2) is 5.96 Å². The van der Waals surface area contributed by atoms with Crippen LogP contribution in [0.1, 0.15) is 27.4 Å². The van der Waals surface area contributed by atoms with E-state index in [0.29, 0.717) is 17.1 Å². The number of hydrogen-bond donors (Lipinski definition) is 8. The minimum absolute atomic E-state index is 0.0259. The van der Waals surface area contributed by atoms with Crippen LogP contribution in [0.2, 0.25) is 0 Å². The number of aromatic nitrogens is 2. The van der Waals surface area contributed by atoms with Gasteiger partial charge in [0.05, 0.1) is 11.4 Å². The minimum Gasteiger partial charge on any atom is -0.370 e. The summed E-state index contributed by atoms with van der Waals surface area (Å²) >= 11 is 0. The Bertz CT molecular complexity index is 1250. The quantitative estimate of drug-likeness (QED) is 0.0983. The molecule has 2 aromatic rings. The Morgan fingerprint density at radius 2 is 1.39 bits per heavy atom. The van der Waals surface area contributed by atoms with Crippen LogP contribution in [0.4, 0.5) is 11.4 Å². The Kier molecular flexibility index (Phi) is 10.6. The van der Waals surface area contributed by atoms with Crippen LogP contribution < -0.4 is 33.2 Å². The summed E-state index contributed by atoms with van der Waals surface area (Å²) in [7, 11) is -1.38. The summed E-state index contributed by atoms with van der Waals surface area (Å²) in [5.41, 5.74) is 16.8. The van der Waals surface area contributed by atoms with E-state index in [9.17, 15) is 19.2 Å². The number of nitrogens with one attached hydrogen (secondary N) is 3. The molecule has 0 aliphatic rings. The summed E-state index contributed by atoms with van der Waals surface area (Å²) < 4.78 is 34.7. The highest BCUT2D eigenvalue weighted by molar-refractivity contribution is 7.79. The van der Waals surface area contributed by atoms with Gasteiger partial charge in [-0.2, -0.15) is 8.42 Å². The normalized spacial score (nSPS) is 10.4. The Labute approximate surface area is 205 Å². The summed E-state index contributed by atoms with van der Waals surface area (Å²) in [6.45, 7) is -0.130. The van der Waals surface area contributed by atoms with E-state index in [-0.39, 0.29) is 31.2 Å². The molecule has 2 aromatic heterocycles. The van der Waals surface area contributed by atoms with Crippen LogP contribution in [0.3, 0.4) is 0 Å². The number of primary amides is 1. The number of rotatable bonds is 9. The number of nitrogens with zero attached hydrogens (tertiary/aromatic N) is 3. The van der Waals surface area contributed by atoms with Crippen LogP contribution in [0.25, 0.3) is 0 Å². The van der Waals surface area contributed by atoms with E-state index in [2.05, 4.69) is 20.9 Å². The molecule has 36 heavy (non-hydrogen) atoms. The number of anilines is 2. The molecule has 18 heteroatoms. The van der Waals surface area contributed by atoms with Gasteiger partial charge in [-0.05, 0) is 12.1 Å². The number of aryl methyl sites for hydroxylation is 2. The van der Waals surface area contributed by atoms with Crippen molar-refractivity contribution in [3.05, 3.63) is 35.9 Å². The van der Waals surface area contributed by atoms with E-state index in [1.165, 1.54) is 21.3 Å². The van der Waals surface area contributed by atoms with Crippen LogP contribution in [0.15, 0.2) is 29.5 Å². The molecule has 0 aliphatic carbocycles. The summed E-state index contributed by atoms with van der Waals surface area (Å²) in [6, 6.07) is 2.99. The Hall–Kier alpha value is -4.42. The first kappa shape index (κ1) is 29.6. The van der Waals surface area contributed by atoms with Crippen molar-refractivity contribution in [1.82, 2.24) is 14.5 Å². The second-order valence-electron chi connectivity index (χ2n) is 7.11. The molecule has 0 aromatic carbocycles. The molecule has 0 saturated heterocycles. The average Bonchev–Trinajstić information content (AvgIpc) is 3.26. The molecule has 0 saturated carbocycles. The second-order valence-corrected chi connectivity index (χ2v) is 8.01. The van der Waals surface area contributed by atoms with E-state index in [1.54, 1.807) is 26.5 Å². The molecular formula is C18H27N9O8S. The molecule has 11 N–H and O–H groups in total. The molecule has 0 aliphatic heterocycles. The smallest absolute Gasteiger partial charge is 0.370 e. The summed E-state index contributed by atoms with van der Waals surface area (Å²) in [4.78, 5) is 51.0. The monoisotopic (exact) mass is 529 g/mol. The largest absolute Gasteiger partial charge is 0.394 e. The molecule has 0 atom stereocenters. The third-order valence-electron chi connectivity index (χ3n) is 4.08. The lowest BCUT2D eigenvalue weighted by Crippen LogP contribution is -2.29. The fraction of sp³-hybridized carbons (Fsp3) is 0.278. The molecule has 4 amide bonds. The van der Waals surface area contributed by atoms with Crippen LogP contribution in [-0.2, 0) is 34.1 Å². The van der Waals surface area contributed by atoms with Crippen molar-refractivity contribution >= 4 is 51.4 Å². The topological polar surface area (TPSA) is 279 Å². The summed E-state index contributed by atoms with van der Waals surface area (Å²) in [5, 5.41) is 7.85. The number of hydrogen-bond acceptors (Lipinski definition) is 7. The van der Waals surface area contributed by atoms with Gasteiger partial charge in [-0.15, -0.1) is 0 Å². The number of amides is 4. The lowest BCUT2D eigenvalue weighted by atomic mass is 10.3. The van der Waals surface area contributed by atoms with E-state index in [4.69, 9.17) is 34.7 Å². The van der Waals surface area contributed by atoms with Crippen LogP contribution in [-0.4, -0.2) is 69.3 Å². The van der Waals surface area contributed by atoms with Crippen molar-refractivity contribution in [1.29, 1.82) is 0 Å². The third-order valence-corrected chi connectivity index (χ3v) is 4.08. The molecule has 17 nitrogen and oxygen atoms in total. The maximum atomic E-state index is 12.6. The lowest BCUT2D eigenvalue weighted by Gasteiger charge is -2.04. The van der Waals surface area contributed by atoms with Crippen LogP contribution >= 0.6 is 0 Å². The van der Waals surface area contributed by atoms with Crippen molar-refractivity contribution in [2.45, 2.75) is 6.42 Å². The summed E-state index contributed by atoms with van der Waals surface area (Å²) in [5.74, 6) is -2.02. The zero-order chi connectivity index (χ0) is 27.6. The Morgan fingerprint density at radius 1 is 0.917 bits per heavy atom. The van der Waals surface area contributed by atoms with Crippen molar-refractivity contribution in [2.24, 2.45) is 36.3 Å². The first-order chi connectivity index (χ1) is 16.6. The maximum absolute atomic E-state index is 12.6. The van der Waals surface area contributed by atoms with Crippen LogP contribution in [0, 0.1) is 0 Å². The SMILES string of the molecule is Cn1cc(NC(=O)c2cc(NC(=O)CN=C(N)N)cn2C)cc1C(=O)NCCC(N)=O.O=S(=O)(O)O. The molecule has 0 bridgehead atoms. The van der Waals surface area contributed by atoms with Crippen molar-refractivity contribution < 1.29 is 36.7 Å². The summed E-state index contributed by atoms with van der Waals surface area (Å²) in [6.07, 6.45) is 3.16. The molecule has 0 fully saturated rings. The van der Waals surface area contributed by atoms with E-state index in [0.717, 1.165) is 0 Å². The van der Waals surface area contributed by atoms with E-state index in [1.807, 2.05) is 0 Å². The third kappa shape index (κ3) is 11.1. The van der Waals surface area contributed by atoms with Gasteiger partial charge in [-0.3, -0.25) is 28.3 Å². The number of nitrogens with two attached hydrogens (primary N) is 3. The lowest BCUT2D eigenvalue weighted by molar-refractivity contribution is -0.118. The van der Waals surface area contributed by atoms with Gasteiger partial charge in [0, 0.05) is 39.5 Å². The average molecular weight is 530 g/mol. The number of carbonyl (C=O) groups excluding carboxylic acids is 4. The highest BCUT2D eigenvalue weighted by atomic mass is 32.3. The van der Waals surface area contributed by atoms with Gasteiger partial charge < -0.3 is 42.3 Å². The predicted molar refractivity (Wildman–Crippen MR) is 128 cm³/mol.